The third kappa shape index (κ3) is 3.12. The Morgan fingerprint density at radius 2 is 2.11 bits per heavy atom. The molecule has 0 unspecified atom stereocenters. The largest absolute Gasteiger partial charge is 0.478 e. The molecule has 1 saturated heterocycles. The third-order valence-corrected chi connectivity index (χ3v) is 2.62. The molecular formula is C11H10N4O3S. The van der Waals surface area contributed by atoms with E-state index in [1.54, 1.807) is 12.1 Å². The van der Waals surface area contributed by atoms with Gasteiger partial charge in [-0.1, -0.05) is 12.1 Å². The average molecular weight is 278 g/mol. The van der Waals surface area contributed by atoms with Gasteiger partial charge in [0, 0.05) is 0 Å². The minimum Gasteiger partial charge on any atom is -0.478 e. The van der Waals surface area contributed by atoms with Crippen molar-refractivity contribution in [3.8, 4) is 0 Å². The molecule has 0 atom stereocenters. The minimum atomic E-state index is -0.994. The lowest BCUT2D eigenvalue weighted by molar-refractivity contribution is -0.127. The number of rotatable bonds is 3. The second-order valence-electron chi connectivity index (χ2n) is 3.66. The van der Waals surface area contributed by atoms with E-state index in [1.807, 2.05) is 0 Å². The maximum atomic E-state index is 11.5. The Kier molecular flexibility index (Phi) is 3.83. The Morgan fingerprint density at radius 3 is 2.68 bits per heavy atom. The van der Waals surface area contributed by atoms with Crippen LogP contribution in [0.1, 0.15) is 15.9 Å². The Labute approximate surface area is 113 Å². The molecule has 2 rings (SSSR count). The summed E-state index contributed by atoms with van der Waals surface area (Å²) in [6.07, 6.45) is 1.43. The van der Waals surface area contributed by atoms with E-state index in [1.165, 1.54) is 18.3 Å². The highest BCUT2D eigenvalue weighted by Crippen LogP contribution is 2.03. The van der Waals surface area contributed by atoms with Gasteiger partial charge in [0.05, 0.1) is 18.3 Å². The highest BCUT2D eigenvalue weighted by molar-refractivity contribution is 7.80. The number of benzene rings is 1. The SMILES string of the molecule is O=C(O)c1ccc(/C=N/N2C(=O)CNNC2=S)cc1. The van der Waals surface area contributed by atoms with Gasteiger partial charge in [-0.05, 0) is 29.9 Å². The zero-order chi connectivity index (χ0) is 13.8. The molecule has 98 valence electrons. The second kappa shape index (κ2) is 5.55. The van der Waals surface area contributed by atoms with Crippen LogP contribution in [0.4, 0.5) is 0 Å². The van der Waals surface area contributed by atoms with Crippen LogP contribution in [0, 0.1) is 0 Å². The van der Waals surface area contributed by atoms with Gasteiger partial charge in [-0.3, -0.25) is 10.2 Å². The molecule has 0 aromatic heterocycles. The third-order valence-electron chi connectivity index (χ3n) is 2.34. The number of carbonyl (C=O) groups is 2. The summed E-state index contributed by atoms with van der Waals surface area (Å²) in [5.41, 5.74) is 6.08. The molecule has 0 radical (unpaired) electrons. The van der Waals surface area contributed by atoms with Gasteiger partial charge in [0.2, 0.25) is 5.11 Å². The summed E-state index contributed by atoms with van der Waals surface area (Å²) in [6.45, 7) is 0.0927. The van der Waals surface area contributed by atoms with E-state index >= 15 is 0 Å². The molecule has 1 aliphatic heterocycles. The van der Waals surface area contributed by atoms with Crippen LogP contribution >= 0.6 is 12.2 Å². The number of hydrazine groups is 1. The van der Waals surface area contributed by atoms with Crippen molar-refractivity contribution in [1.82, 2.24) is 15.9 Å². The van der Waals surface area contributed by atoms with Crippen LogP contribution in [0.15, 0.2) is 29.4 Å². The molecule has 0 saturated carbocycles. The standard InChI is InChI=1S/C11H10N4O3S/c16-9-6-12-14-11(19)15(9)13-5-7-1-3-8(4-2-7)10(17)18/h1-5,12H,6H2,(H,14,19)(H,17,18)/b13-5+. The van der Waals surface area contributed by atoms with Crippen molar-refractivity contribution in [2.24, 2.45) is 5.10 Å². The molecule has 1 amide bonds. The molecule has 1 heterocycles. The molecule has 0 spiro atoms. The number of thiocarbonyl (C=S) groups is 1. The summed E-state index contributed by atoms with van der Waals surface area (Å²) in [4.78, 5) is 22.2. The van der Waals surface area contributed by atoms with Crippen LogP contribution < -0.4 is 10.9 Å². The quantitative estimate of drug-likeness (QED) is 0.530. The number of nitrogens with one attached hydrogen (secondary N) is 2. The van der Waals surface area contributed by atoms with E-state index in [-0.39, 0.29) is 23.1 Å². The first-order chi connectivity index (χ1) is 9.08. The molecular weight excluding hydrogens is 268 g/mol. The summed E-state index contributed by atoms with van der Waals surface area (Å²) in [5.74, 6) is -1.27. The zero-order valence-electron chi connectivity index (χ0n) is 9.66. The fourth-order valence-corrected chi connectivity index (χ4v) is 1.61. The first-order valence-electron chi connectivity index (χ1n) is 5.31. The monoisotopic (exact) mass is 278 g/mol. The van der Waals surface area contributed by atoms with Gasteiger partial charge in [-0.15, -0.1) is 0 Å². The maximum Gasteiger partial charge on any atom is 0.335 e. The van der Waals surface area contributed by atoms with Gasteiger partial charge >= 0.3 is 5.97 Å². The number of hydrogen-bond acceptors (Lipinski definition) is 5. The van der Waals surface area contributed by atoms with Gasteiger partial charge in [0.25, 0.3) is 5.91 Å². The molecule has 1 aromatic rings. The number of amides is 1. The number of hydrazone groups is 1. The fourth-order valence-electron chi connectivity index (χ4n) is 1.39. The first-order valence-corrected chi connectivity index (χ1v) is 5.72. The van der Waals surface area contributed by atoms with E-state index in [2.05, 4.69) is 16.0 Å². The summed E-state index contributed by atoms with van der Waals surface area (Å²) < 4.78 is 0. The molecule has 1 aliphatic rings. The first kappa shape index (κ1) is 13.1. The van der Waals surface area contributed by atoms with Crippen LogP contribution in [0.3, 0.4) is 0 Å². The molecule has 19 heavy (non-hydrogen) atoms. The van der Waals surface area contributed by atoms with Crippen molar-refractivity contribution in [2.45, 2.75) is 0 Å². The average Bonchev–Trinajstić information content (AvgIpc) is 2.38. The molecule has 8 heteroatoms. The summed E-state index contributed by atoms with van der Waals surface area (Å²) in [6, 6.07) is 6.10. The van der Waals surface area contributed by atoms with E-state index in [9.17, 15) is 9.59 Å². The van der Waals surface area contributed by atoms with Crippen molar-refractivity contribution in [3.63, 3.8) is 0 Å². The van der Waals surface area contributed by atoms with Gasteiger partial charge in [0.1, 0.15) is 0 Å². The van der Waals surface area contributed by atoms with Gasteiger partial charge in [-0.25, -0.2) is 10.2 Å². The summed E-state index contributed by atoms with van der Waals surface area (Å²) >= 11 is 4.91. The van der Waals surface area contributed by atoms with Crippen molar-refractivity contribution in [1.29, 1.82) is 0 Å². The van der Waals surface area contributed by atoms with Crippen LogP contribution in [0.2, 0.25) is 0 Å². The molecule has 7 nitrogen and oxygen atoms in total. The molecule has 0 bridgehead atoms. The molecule has 1 fully saturated rings. The highest BCUT2D eigenvalue weighted by atomic mass is 32.1. The Morgan fingerprint density at radius 1 is 1.42 bits per heavy atom. The number of carboxylic acid groups (broad SMARTS) is 1. The zero-order valence-corrected chi connectivity index (χ0v) is 10.5. The lowest BCUT2D eigenvalue weighted by Gasteiger charge is -2.23. The van der Waals surface area contributed by atoms with Crippen molar-refractivity contribution in [3.05, 3.63) is 35.4 Å². The number of carbonyl (C=O) groups excluding carboxylic acids is 1. The topological polar surface area (TPSA) is 94.0 Å². The summed E-state index contributed by atoms with van der Waals surface area (Å²) in [7, 11) is 0. The molecule has 3 N–H and O–H groups in total. The van der Waals surface area contributed by atoms with Crippen LogP contribution in [0.5, 0.6) is 0 Å². The number of aromatic carboxylic acids is 1. The lowest BCUT2D eigenvalue weighted by atomic mass is 10.1. The van der Waals surface area contributed by atoms with Gasteiger partial charge < -0.3 is 5.11 Å². The fraction of sp³-hybridized carbons (Fsp3) is 0.0909. The van der Waals surface area contributed by atoms with Gasteiger partial charge in [-0.2, -0.15) is 10.1 Å². The second-order valence-corrected chi connectivity index (χ2v) is 4.05. The Bertz CT molecular complexity index is 540. The summed E-state index contributed by atoms with van der Waals surface area (Å²) in [5, 5.41) is 13.9. The van der Waals surface area contributed by atoms with E-state index in [0.717, 1.165) is 5.01 Å². The van der Waals surface area contributed by atoms with E-state index < -0.39 is 5.97 Å². The van der Waals surface area contributed by atoms with Crippen LogP contribution in [-0.2, 0) is 4.79 Å². The van der Waals surface area contributed by atoms with Crippen LogP contribution in [-0.4, -0.2) is 39.9 Å². The van der Waals surface area contributed by atoms with E-state index in [0.29, 0.717) is 5.56 Å². The normalized spacial score (nSPS) is 15.7. The van der Waals surface area contributed by atoms with Crippen LogP contribution in [0.25, 0.3) is 0 Å². The predicted molar refractivity (Wildman–Crippen MR) is 71.6 cm³/mol. The maximum absolute atomic E-state index is 11.5. The van der Waals surface area contributed by atoms with E-state index in [4.69, 9.17) is 17.3 Å². The van der Waals surface area contributed by atoms with Crippen molar-refractivity contribution < 1.29 is 14.7 Å². The lowest BCUT2D eigenvalue weighted by Crippen LogP contribution is -2.56. The van der Waals surface area contributed by atoms with Crippen molar-refractivity contribution in [2.75, 3.05) is 6.54 Å². The minimum absolute atomic E-state index is 0.0927. The molecule has 1 aromatic carbocycles. The number of carboxylic acids is 1. The predicted octanol–water partition coefficient (Wildman–Crippen LogP) is -0.0600. The number of hydrogen-bond donors (Lipinski definition) is 3. The molecule has 0 aliphatic carbocycles. The smallest absolute Gasteiger partial charge is 0.335 e. The highest BCUT2D eigenvalue weighted by Gasteiger charge is 2.21. The van der Waals surface area contributed by atoms with Gasteiger partial charge in [0.15, 0.2) is 0 Å². The van der Waals surface area contributed by atoms with Crippen molar-refractivity contribution >= 4 is 35.4 Å². The Balaban J connectivity index is 2.11. The number of nitrogens with zero attached hydrogens (tertiary/aromatic N) is 2. The Hall–Kier alpha value is -2.32.